The van der Waals surface area contributed by atoms with Crippen LogP contribution in [0.5, 0.6) is 5.88 Å². The van der Waals surface area contributed by atoms with Gasteiger partial charge in [0.15, 0.2) is 0 Å². The van der Waals surface area contributed by atoms with Gasteiger partial charge in [-0.3, -0.25) is 0 Å². The Balaban J connectivity index is 1.74. The Morgan fingerprint density at radius 1 is 1.30 bits per heavy atom. The van der Waals surface area contributed by atoms with E-state index in [4.69, 9.17) is 9.47 Å². The van der Waals surface area contributed by atoms with Crippen molar-refractivity contribution < 1.29 is 14.3 Å². The van der Waals surface area contributed by atoms with E-state index in [1.54, 1.807) is 13.3 Å². The monoisotopic (exact) mass is 321 g/mol. The van der Waals surface area contributed by atoms with E-state index in [2.05, 4.69) is 10.3 Å². The molecule has 0 saturated heterocycles. The summed E-state index contributed by atoms with van der Waals surface area (Å²) >= 11 is 0. The molecule has 0 aliphatic heterocycles. The summed E-state index contributed by atoms with van der Waals surface area (Å²) in [6.07, 6.45) is 7.67. The number of aromatic nitrogens is 1. The molecule has 1 aromatic rings. The summed E-state index contributed by atoms with van der Waals surface area (Å²) in [4.78, 5) is 18.3. The number of carbonyl (C=O) groups is 1. The molecule has 0 unspecified atom stereocenters. The third-order valence-electron chi connectivity index (χ3n) is 4.22. The van der Waals surface area contributed by atoms with E-state index in [9.17, 15) is 4.79 Å². The highest BCUT2D eigenvalue weighted by Gasteiger charge is 2.21. The molecule has 1 aliphatic carbocycles. The third kappa shape index (κ3) is 5.71. The number of carbonyl (C=O) groups excluding carboxylic acids is 1. The van der Waals surface area contributed by atoms with Gasteiger partial charge in [0.25, 0.3) is 0 Å². The summed E-state index contributed by atoms with van der Waals surface area (Å²) in [5.41, 5.74) is 0.953. The topological polar surface area (TPSA) is 63.7 Å². The van der Waals surface area contributed by atoms with Crippen LogP contribution < -0.4 is 10.1 Å². The average molecular weight is 321 g/mol. The van der Waals surface area contributed by atoms with Gasteiger partial charge < -0.3 is 19.7 Å². The second-order valence-electron chi connectivity index (χ2n) is 5.91. The van der Waals surface area contributed by atoms with E-state index in [0.29, 0.717) is 31.7 Å². The van der Waals surface area contributed by atoms with Crippen LogP contribution in [-0.2, 0) is 11.3 Å². The molecule has 6 nitrogen and oxygen atoms in total. The lowest BCUT2D eigenvalue weighted by molar-refractivity contribution is 0.143. The van der Waals surface area contributed by atoms with Crippen molar-refractivity contribution in [3.63, 3.8) is 0 Å². The molecule has 128 valence electrons. The number of pyridine rings is 1. The van der Waals surface area contributed by atoms with Gasteiger partial charge in [-0.05, 0) is 18.4 Å². The first kappa shape index (κ1) is 17.5. The molecule has 23 heavy (non-hydrogen) atoms. The number of ether oxygens (including phenoxy) is 2. The maximum absolute atomic E-state index is 12.2. The number of urea groups is 1. The van der Waals surface area contributed by atoms with Crippen LogP contribution in [0.1, 0.15) is 37.7 Å². The number of nitrogens with zero attached hydrogens (tertiary/aromatic N) is 2. The van der Waals surface area contributed by atoms with E-state index in [1.165, 1.54) is 19.3 Å². The van der Waals surface area contributed by atoms with Gasteiger partial charge in [0.1, 0.15) is 6.61 Å². The predicted octanol–water partition coefficient (Wildman–Crippen LogP) is 2.58. The normalized spacial score (nSPS) is 15.2. The highest BCUT2D eigenvalue weighted by atomic mass is 16.5. The number of nitrogens with one attached hydrogen (secondary N) is 1. The van der Waals surface area contributed by atoms with Crippen molar-refractivity contribution in [3.8, 4) is 5.88 Å². The molecular weight excluding hydrogens is 294 g/mol. The first-order valence-electron chi connectivity index (χ1n) is 8.28. The van der Waals surface area contributed by atoms with Gasteiger partial charge in [-0.1, -0.05) is 25.3 Å². The van der Waals surface area contributed by atoms with Gasteiger partial charge in [-0.2, -0.15) is 0 Å². The Labute approximate surface area is 138 Å². The molecular formula is C17H27N3O3. The molecule has 6 heteroatoms. The van der Waals surface area contributed by atoms with Crippen molar-refractivity contribution in [1.82, 2.24) is 15.2 Å². The summed E-state index contributed by atoms with van der Waals surface area (Å²) in [6, 6.07) is 4.08. The molecule has 1 heterocycles. The summed E-state index contributed by atoms with van der Waals surface area (Å²) < 4.78 is 10.3. The minimum Gasteiger partial charge on any atom is -0.475 e. The van der Waals surface area contributed by atoms with E-state index in [0.717, 1.165) is 18.4 Å². The summed E-state index contributed by atoms with van der Waals surface area (Å²) in [5.74, 6) is 0.566. The van der Waals surface area contributed by atoms with Crippen LogP contribution in [0.25, 0.3) is 0 Å². The van der Waals surface area contributed by atoms with E-state index < -0.39 is 0 Å². The summed E-state index contributed by atoms with van der Waals surface area (Å²) in [7, 11) is 3.52. The zero-order valence-corrected chi connectivity index (χ0v) is 14.1. The Kier molecular flexibility index (Phi) is 7.13. The van der Waals surface area contributed by atoms with Crippen molar-refractivity contribution in [2.45, 2.75) is 44.7 Å². The molecule has 1 fully saturated rings. The fourth-order valence-corrected chi connectivity index (χ4v) is 2.77. The van der Waals surface area contributed by atoms with Crippen LogP contribution in [-0.4, -0.2) is 49.3 Å². The van der Waals surface area contributed by atoms with E-state index >= 15 is 0 Å². The molecule has 1 aliphatic rings. The first-order chi connectivity index (χ1) is 11.2. The van der Waals surface area contributed by atoms with Crippen LogP contribution in [0.3, 0.4) is 0 Å². The quantitative estimate of drug-likeness (QED) is 0.784. The lowest BCUT2D eigenvalue weighted by atomic mass is 9.95. The van der Waals surface area contributed by atoms with Gasteiger partial charge in [-0.15, -0.1) is 0 Å². The average Bonchev–Trinajstić information content (AvgIpc) is 2.61. The van der Waals surface area contributed by atoms with Crippen molar-refractivity contribution in [3.05, 3.63) is 23.9 Å². The molecule has 1 aromatic heterocycles. The van der Waals surface area contributed by atoms with Crippen molar-refractivity contribution in [1.29, 1.82) is 0 Å². The summed E-state index contributed by atoms with van der Waals surface area (Å²) in [6.45, 7) is 1.49. The number of hydrogen-bond acceptors (Lipinski definition) is 4. The first-order valence-corrected chi connectivity index (χ1v) is 8.28. The van der Waals surface area contributed by atoms with Crippen LogP contribution in [0, 0.1) is 0 Å². The second-order valence-corrected chi connectivity index (χ2v) is 5.91. The SMILES string of the molecule is COCCOc1ccc(CNC(=O)N(C)C2CCCCC2)cn1. The minimum atomic E-state index is -0.0164. The Morgan fingerprint density at radius 3 is 2.74 bits per heavy atom. The van der Waals surface area contributed by atoms with Gasteiger partial charge in [0.2, 0.25) is 5.88 Å². The fourth-order valence-electron chi connectivity index (χ4n) is 2.77. The smallest absolute Gasteiger partial charge is 0.317 e. The van der Waals surface area contributed by atoms with Gasteiger partial charge in [-0.25, -0.2) is 9.78 Å². The maximum atomic E-state index is 12.2. The molecule has 0 spiro atoms. The molecule has 0 radical (unpaired) electrons. The Morgan fingerprint density at radius 2 is 2.09 bits per heavy atom. The summed E-state index contributed by atoms with van der Waals surface area (Å²) in [5, 5.41) is 2.95. The molecule has 0 bridgehead atoms. The molecule has 0 atom stereocenters. The number of methoxy groups -OCH3 is 1. The van der Waals surface area contributed by atoms with Gasteiger partial charge >= 0.3 is 6.03 Å². The van der Waals surface area contributed by atoms with Crippen molar-refractivity contribution in [2.75, 3.05) is 27.4 Å². The van der Waals surface area contributed by atoms with Crippen LogP contribution in [0.4, 0.5) is 4.79 Å². The Bertz CT molecular complexity index is 472. The van der Waals surface area contributed by atoms with Crippen molar-refractivity contribution in [2.24, 2.45) is 0 Å². The molecule has 0 aromatic carbocycles. The predicted molar refractivity (Wildman–Crippen MR) is 88.5 cm³/mol. The van der Waals surface area contributed by atoms with E-state index in [1.807, 2.05) is 24.1 Å². The zero-order chi connectivity index (χ0) is 16.5. The molecule has 2 rings (SSSR count). The van der Waals surface area contributed by atoms with Gasteiger partial charge in [0, 0.05) is 39.0 Å². The van der Waals surface area contributed by atoms with Crippen LogP contribution in [0.2, 0.25) is 0 Å². The molecule has 1 N–H and O–H groups in total. The van der Waals surface area contributed by atoms with Crippen LogP contribution >= 0.6 is 0 Å². The highest BCUT2D eigenvalue weighted by molar-refractivity contribution is 5.74. The third-order valence-corrected chi connectivity index (χ3v) is 4.22. The Hall–Kier alpha value is -1.82. The second kappa shape index (κ2) is 9.35. The number of rotatable bonds is 7. The van der Waals surface area contributed by atoms with E-state index in [-0.39, 0.29) is 6.03 Å². The standard InChI is InChI=1S/C17H27N3O3/c1-20(15-6-4-3-5-7-15)17(21)19-13-14-8-9-16(18-12-14)23-11-10-22-2/h8-9,12,15H,3-7,10-11,13H2,1-2H3,(H,19,21). The minimum absolute atomic E-state index is 0.0164. The fraction of sp³-hybridized carbons (Fsp3) is 0.647. The number of hydrogen-bond donors (Lipinski definition) is 1. The molecule has 2 amide bonds. The van der Waals surface area contributed by atoms with Crippen molar-refractivity contribution >= 4 is 6.03 Å². The van der Waals surface area contributed by atoms with Gasteiger partial charge in [0.05, 0.1) is 6.61 Å². The van der Waals surface area contributed by atoms with Crippen LogP contribution in [0.15, 0.2) is 18.3 Å². The zero-order valence-electron chi connectivity index (χ0n) is 14.1. The largest absolute Gasteiger partial charge is 0.475 e. The molecule has 1 saturated carbocycles. The maximum Gasteiger partial charge on any atom is 0.317 e. The highest BCUT2D eigenvalue weighted by Crippen LogP contribution is 2.21. The number of amides is 2. The lowest BCUT2D eigenvalue weighted by Crippen LogP contribution is -2.44. The lowest BCUT2D eigenvalue weighted by Gasteiger charge is -2.31.